The van der Waals surface area contributed by atoms with Gasteiger partial charge in [-0.2, -0.15) is 0 Å². The van der Waals surface area contributed by atoms with Gasteiger partial charge in [-0.05, 0) is 34.1 Å². The van der Waals surface area contributed by atoms with Crippen molar-refractivity contribution in [3.8, 4) is 0 Å². The van der Waals surface area contributed by atoms with Gasteiger partial charge >= 0.3 is 0 Å². The molecule has 0 aromatic heterocycles. The molecule has 0 bridgehead atoms. The largest absolute Gasteiger partial charge is 0.341 e. The lowest BCUT2D eigenvalue weighted by Crippen LogP contribution is -2.34. The molecule has 0 fully saturated rings. The fraction of sp³-hybridized carbons (Fsp3) is 0.462. The van der Waals surface area contributed by atoms with E-state index in [9.17, 15) is 14.9 Å². The van der Waals surface area contributed by atoms with Gasteiger partial charge in [0.1, 0.15) is 0 Å². The molecule has 5 nitrogen and oxygen atoms in total. The second-order valence-electron chi connectivity index (χ2n) is 5.64. The molecule has 104 valence electrons. The Kier molecular flexibility index (Phi) is 4.89. The molecule has 6 heteroatoms. The minimum atomic E-state index is -0.489. The second-order valence-corrected chi connectivity index (χ2v) is 6.81. The van der Waals surface area contributed by atoms with Crippen molar-refractivity contribution >= 4 is 34.2 Å². The smallest absolute Gasteiger partial charge is 0.270 e. The third-order valence-corrected chi connectivity index (χ3v) is 3.39. The lowest BCUT2D eigenvalue weighted by atomic mass is 9.96. The molecule has 1 aromatic rings. The van der Waals surface area contributed by atoms with Gasteiger partial charge in [-0.15, -0.1) is 0 Å². The van der Waals surface area contributed by atoms with Crippen molar-refractivity contribution in [2.75, 3.05) is 13.6 Å². The summed E-state index contributed by atoms with van der Waals surface area (Å²) in [4.78, 5) is 24.2. The summed E-state index contributed by atoms with van der Waals surface area (Å²) in [6.45, 7) is 6.70. The molecule has 0 heterocycles. The fourth-order valence-corrected chi connectivity index (χ4v) is 2.35. The number of non-ortho nitro benzene ring substituents is 1. The van der Waals surface area contributed by atoms with Crippen LogP contribution in [-0.2, 0) is 0 Å². The van der Waals surface area contributed by atoms with E-state index in [2.05, 4.69) is 0 Å². The predicted octanol–water partition coefficient (Wildman–Crippen LogP) is 3.32. The average Bonchev–Trinajstić information content (AvgIpc) is 2.26. The number of rotatable bonds is 3. The Bertz CT molecular complexity index is 509. The van der Waals surface area contributed by atoms with Crippen molar-refractivity contribution in [2.45, 2.75) is 20.8 Å². The van der Waals surface area contributed by atoms with Crippen LogP contribution in [0.2, 0.25) is 0 Å². The van der Waals surface area contributed by atoms with Crippen molar-refractivity contribution in [1.29, 1.82) is 0 Å². The third kappa shape index (κ3) is 4.45. The standard InChI is InChI=1S/C13H17IN2O3/c1-13(2,3)8-15(4)12(17)10-7-9(16(18)19)5-6-11(10)14/h5-7H,8H2,1-4H3. The van der Waals surface area contributed by atoms with Gasteiger partial charge in [0.05, 0.1) is 10.5 Å². The number of carbonyl (C=O) groups is 1. The highest BCUT2D eigenvalue weighted by molar-refractivity contribution is 14.1. The van der Waals surface area contributed by atoms with Crippen LogP contribution in [0, 0.1) is 19.1 Å². The van der Waals surface area contributed by atoms with Gasteiger partial charge in [0.2, 0.25) is 0 Å². The molecule has 0 aliphatic heterocycles. The quantitative estimate of drug-likeness (QED) is 0.462. The van der Waals surface area contributed by atoms with E-state index < -0.39 is 4.92 Å². The van der Waals surface area contributed by atoms with E-state index in [1.54, 1.807) is 18.0 Å². The molecule has 1 rings (SSSR count). The van der Waals surface area contributed by atoms with Crippen molar-refractivity contribution in [2.24, 2.45) is 5.41 Å². The normalized spacial score (nSPS) is 11.2. The number of nitro groups is 1. The van der Waals surface area contributed by atoms with E-state index >= 15 is 0 Å². The maximum atomic E-state index is 12.3. The minimum Gasteiger partial charge on any atom is -0.341 e. The number of hydrogen-bond acceptors (Lipinski definition) is 3. The highest BCUT2D eigenvalue weighted by atomic mass is 127. The van der Waals surface area contributed by atoms with Gasteiger partial charge in [0.15, 0.2) is 0 Å². The molecule has 19 heavy (non-hydrogen) atoms. The molecule has 0 spiro atoms. The Hall–Kier alpha value is -1.18. The Labute approximate surface area is 126 Å². The Balaban J connectivity index is 3.05. The highest BCUT2D eigenvalue weighted by Crippen LogP contribution is 2.22. The second kappa shape index (κ2) is 5.85. The topological polar surface area (TPSA) is 63.5 Å². The SMILES string of the molecule is CN(CC(C)(C)C)C(=O)c1cc([N+](=O)[O-])ccc1I. The van der Waals surface area contributed by atoms with Crippen LogP contribution in [0.5, 0.6) is 0 Å². The maximum absolute atomic E-state index is 12.3. The first kappa shape index (κ1) is 15.9. The van der Waals surface area contributed by atoms with Gasteiger partial charge < -0.3 is 4.90 Å². The summed E-state index contributed by atoms with van der Waals surface area (Å²) in [5.74, 6) is -0.192. The van der Waals surface area contributed by atoms with E-state index in [-0.39, 0.29) is 17.0 Å². The van der Waals surface area contributed by atoms with E-state index in [1.165, 1.54) is 12.1 Å². The highest BCUT2D eigenvalue weighted by Gasteiger charge is 2.22. The van der Waals surface area contributed by atoms with Gasteiger partial charge in [-0.1, -0.05) is 20.8 Å². The molecule has 0 saturated heterocycles. The van der Waals surface area contributed by atoms with Gasteiger partial charge in [-0.25, -0.2) is 0 Å². The molecule has 0 N–H and O–H groups in total. The van der Waals surface area contributed by atoms with E-state index in [1.807, 2.05) is 43.4 Å². The molecule has 0 atom stereocenters. The summed E-state index contributed by atoms with van der Waals surface area (Å²) in [7, 11) is 1.71. The average molecular weight is 376 g/mol. The number of carbonyl (C=O) groups excluding carboxylic acids is 1. The summed E-state index contributed by atoms with van der Waals surface area (Å²) >= 11 is 2.02. The minimum absolute atomic E-state index is 0.0173. The summed E-state index contributed by atoms with van der Waals surface area (Å²) in [6.07, 6.45) is 0. The van der Waals surface area contributed by atoms with Crippen molar-refractivity contribution in [1.82, 2.24) is 4.90 Å². The maximum Gasteiger partial charge on any atom is 0.270 e. The summed E-state index contributed by atoms with van der Waals surface area (Å²) in [5, 5.41) is 10.8. The van der Waals surface area contributed by atoms with Crippen LogP contribution in [0.25, 0.3) is 0 Å². The third-order valence-electron chi connectivity index (χ3n) is 2.45. The number of benzene rings is 1. The molecule has 0 saturated carbocycles. The van der Waals surface area contributed by atoms with Crippen LogP contribution in [-0.4, -0.2) is 29.3 Å². The number of nitro benzene ring substituents is 1. The summed E-state index contributed by atoms with van der Waals surface area (Å²) in [5.41, 5.74) is 0.297. The molecule has 1 amide bonds. The van der Waals surface area contributed by atoms with Crippen LogP contribution >= 0.6 is 22.6 Å². The molecular formula is C13H17IN2O3. The monoisotopic (exact) mass is 376 g/mol. The molecule has 0 unspecified atom stereocenters. The van der Waals surface area contributed by atoms with Gasteiger partial charge in [0.25, 0.3) is 11.6 Å². The lowest BCUT2D eigenvalue weighted by molar-refractivity contribution is -0.384. The molecular weight excluding hydrogens is 359 g/mol. The van der Waals surface area contributed by atoms with Crippen LogP contribution in [0.15, 0.2) is 18.2 Å². The van der Waals surface area contributed by atoms with Crippen molar-refractivity contribution in [3.63, 3.8) is 0 Å². The number of amides is 1. The van der Waals surface area contributed by atoms with Gasteiger partial charge in [-0.3, -0.25) is 14.9 Å². The van der Waals surface area contributed by atoms with Crippen LogP contribution in [0.3, 0.4) is 0 Å². The first-order valence-electron chi connectivity index (χ1n) is 5.81. The zero-order chi connectivity index (χ0) is 14.8. The zero-order valence-corrected chi connectivity index (χ0v) is 13.6. The van der Waals surface area contributed by atoms with E-state index in [0.29, 0.717) is 15.7 Å². The number of nitrogens with zero attached hydrogens (tertiary/aromatic N) is 2. The first-order chi connectivity index (χ1) is 8.61. The Morgan fingerprint density at radius 2 is 2.00 bits per heavy atom. The fourth-order valence-electron chi connectivity index (χ4n) is 1.78. The molecule has 0 aliphatic carbocycles. The summed E-state index contributed by atoms with van der Waals surface area (Å²) in [6, 6.07) is 4.34. The number of hydrogen-bond donors (Lipinski definition) is 0. The van der Waals surface area contributed by atoms with Crippen molar-refractivity contribution in [3.05, 3.63) is 37.4 Å². The number of halogens is 1. The molecule has 1 aromatic carbocycles. The van der Waals surface area contributed by atoms with Crippen molar-refractivity contribution < 1.29 is 9.72 Å². The summed E-state index contributed by atoms with van der Waals surface area (Å²) < 4.78 is 0.717. The van der Waals surface area contributed by atoms with E-state index in [0.717, 1.165) is 0 Å². The molecule has 0 radical (unpaired) electrons. The lowest BCUT2D eigenvalue weighted by Gasteiger charge is -2.26. The first-order valence-corrected chi connectivity index (χ1v) is 6.89. The molecule has 0 aliphatic rings. The van der Waals surface area contributed by atoms with Crippen LogP contribution in [0.1, 0.15) is 31.1 Å². The van der Waals surface area contributed by atoms with Crippen LogP contribution in [0.4, 0.5) is 5.69 Å². The predicted molar refractivity (Wildman–Crippen MR) is 82.2 cm³/mol. The Morgan fingerprint density at radius 3 is 2.47 bits per heavy atom. The zero-order valence-electron chi connectivity index (χ0n) is 11.4. The Morgan fingerprint density at radius 1 is 1.42 bits per heavy atom. The van der Waals surface area contributed by atoms with Gasteiger partial charge in [0, 0.05) is 29.3 Å². The van der Waals surface area contributed by atoms with E-state index in [4.69, 9.17) is 0 Å². The van der Waals surface area contributed by atoms with Crippen LogP contribution < -0.4 is 0 Å².